The molecule has 1 aromatic heterocycles. The van der Waals surface area contributed by atoms with Gasteiger partial charge in [0.1, 0.15) is 5.69 Å². The summed E-state index contributed by atoms with van der Waals surface area (Å²) < 4.78 is 0. The molecule has 0 spiro atoms. The zero-order valence-corrected chi connectivity index (χ0v) is 15.7. The van der Waals surface area contributed by atoms with Crippen LogP contribution in [0.25, 0.3) is 0 Å². The summed E-state index contributed by atoms with van der Waals surface area (Å²) in [6, 6.07) is 20.4. The van der Waals surface area contributed by atoms with E-state index in [4.69, 9.17) is 0 Å². The third-order valence-electron chi connectivity index (χ3n) is 4.39. The molecule has 5 heteroatoms. The van der Waals surface area contributed by atoms with E-state index >= 15 is 0 Å². The molecule has 0 fully saturated rings. The van der Waals surface area contributed by atoms with Crippen molar-refractivity contribution in [2.45, 2.75) is 32.9 Å². The molecule has 0 radical (unpaired) electrons. The number of para-hydroxylation sites is 1. The van der Waals surface area contributed by atoms with Gasteiger partial charge in [-0.2, -0.15) is 0 Å². The number of rotatable bonds is 7. The fourth-order valence-corrected chi connectivity index (χ4v) is 2.66. The molecule has 2 aromatic carbocycles. The zero-order valence-electron chi connectivity index (χ0n) is 15.7. The first-order valence-corrected chi connectivity index (χ1v) is 9.16. The summed E-state index contributed by atoms with van der Waals surface area (Å²) in [5.41, 5.74) is 2.51. The molecule has 0 aliphatic rings. The van der Waals surface area contributed by atoms with Crippen LogP contribution in [0.4, 0.5) is 11.5 Å². The van der Waals surface area contributed by atoms with Crippen molar-refractivity contribution < 1.29 is 4.79 Å². The topological polar surface area (TPSA) is 58.1 Å². The van der Waals surface area contributed by atoms with Gasteiger partial charge in [-0.3, -0.25) is 4.79 Å². The Kier molecular flexibility index (Phi) is 6.15. The number of carbonyl (C=O) groups is 1. The van der Waals surface area contributed by atoms with Crippen molar-refractivity contribution in [3.05, 3.63) is 84.3 Å². The van der Waals surface area contributed by atoms with Gasteiger partial charge in [-0.15, -0.1) is 0 Å². The fourth-order valence-electron chi connectivity index (χ4n) is 2.66. The van der Waals surface area contributed by atoms with Gasteiger partial charge in [0, 0.05) is 18.3 Å². The van der Waals surface area contributed by atoms with Crippen molar-refractivity contribution in [2.75, 3.05) is 4.90 Å². The average molecular weight is 360 g/mol. The van der Waals surface area contributed by atoms with E-state index in [1.807, 2.05) is 62.4 Å². The molecule has 0 saturated carbocycles. The third kappa shape index (κ3) is 4.91. The Morgan fingerprint density at radius 2 is 1.67 bits per heavy atom. The highest BCUT2D eigenvalue weighted by Gasteiger charge is 2.15. The smallest absolute Gasteiger partial charge is 0.271 e. The molecule has 3 rings (SSSR count). The number of hydrogen-bond donors (Lipinski definition) is 1. The average Bonchev–Trinajstić information content (AvgIpc) is 2.73. The van der Waals surface area contributed by atoms with Crippen LogP contribution < -0.4 is 10.2 Å². The molecule has 0 bridgehead atoms. The molecule has 1 N–H and O–H groups in total. The van der Waals surface area contributed by atoms with Gasteiger partial charge in [0.15, 0.2) is 5.82 Å². The molecular formula is C22H24N4O. The van der Waals surface area contributed by atoms with Gasteiger partial charge >= 0.3 is 0 Å². The van der Waals surface area contributed by atoms with E-state index in [0.717, 1.165) is 12.1 Å². The first-order chi connectivity index (χ1) is 13.2. The van der Waals surface area contributed by atoms with Crippen LogP contribution in [0.3, 0.4) is 0 Å². The van der Waals surface area contributed by atoms with E-state index in [-0.39, 0.29) is 11.9 Å². The molecule has 0 aliphatic carbocycles. The molecule has 1 atom stereocenters. The SMILES string of the molecule is CCC(C)NC(=O)c1cnc(N(Cc2ccccc2)c2ccccc2)cn1. The van der Waals surface area contributed by atoms with Crippen LogP contribution in [0.2, 0.25) is 0 Å². The minimum Gasteiger partial charge on any atom is -0.348 e. The normalized spacial score (nSPS) is 11.6. The molecular weight excluding hydrogens is 336 g/mol. The Balaban J connectivity index is 1.85. The molecule has 1 unspecified atom stereocenters. The standard InChI is InChI=1S/C22H24N4O/c1-3-17(2)25-22(27)20-14-24-21(15-23-20)26(19-12-8-5-9-13-19)16-18-10-6-4-7-11-18/h4-15,17H,3,16H2,1-2H3,(H,25,27). The maximum absolute atomic E-state index is 12.2. The zero-order chi connectivity index (χ0) is 19.1. The van der Waals surface area contributed by atoms with Crippen LogP contribution in [-0.4, -0.2) is 21.9 Å². The lowest BCUT2D eigenvalue weighted by Crippen LogP contribution is -2.32. The number of aromatic nitrogens is 2. The number of anilines is 2. The van der Waals surface area contributed by atoms with E-state index in [0.29, 0.717) is 18.1 Å². The highest BCUT2D eigenvalue weighted by atomic mass is 16.1. The fraction of sp³-hybridized carbons (Fsp3) is 0.227. The summed E-state index contributed by atoms with van der Waals surface area (Å²) in [5, 5.41) is 2.91. The van der Waals surface area contributed by atoms with Gasteiger partial charge in [0.2, 0.25) is 0 Å². The van der Waals surface area contributed by atoms with E-state index < -0.39 is 0 Å². The first kappa shape index (κ1) is 18.6. The Bertz CT molecular complexity index is 851. The Morgan fingerprint density at radius 1 is 1.00 bits per heavy atom. The monoisotopic (exact) mass is 360 g/mol. The van der Waals surface area contributed by atoms with Gasteiger partial charge in [-0.05, 0) is 31.0 Å². The number of carbonyl (C=O) groups excluding carboxylic acids is 1. The Labute approximate surface area is 160 Å². The summed E-state index contributed by atoms with van der Waals surface area (Å²) >= 11 is 0. The number of nitrogens with one attached hydrogen (secondary N) is 1. The summed E-state index contributed by atoms with van der Waals surface area (Å²) in [6.07, 6.45) is 4.06. The molecule has 1 amide bonds. The van der Waals surface area contributed by atoms with Crippen molar-refractivity contribution in [3.63, 3.8) is 0 Å². The Morgan fingerprint density at radius 3 is 2.26 bits per heavy atom. The van der Waals surface area contributed by atoms with Gasteiger partial charge in [0.25, 0.3) is 5.91 Å². The van der Waals surface area contributed by atoms with Gasteiger partial charge in [0.05, 0.1) is 12.4 Å². The quantitative estimate of drug-likeness (QED) is 0.681. The highest BCUT2D eigenvalue weighted by molar-refractivity contribution is 5.92. The van der Waals surface area contributed by atoms with E-state index in [2.05, 4.69) is 32.3 Å². The van der Waals surface area contributed by atoms with Crippen LogP contribution in [0.5, 0.6) is 0 Å². The van der Waals surface area contributed by atoms with Gasteiger partial charge in [-0.25, -0.2) is 9.97 Å². The summed E-state index contributed by atoms with van der Waals surface area (Å²) in [7, 11) is 0. The third-order valence-corrected chi connectivity index (χ3v) is 4.39. The number of nitrogens with zero attached hydrogens (tertiary/aromatic N) is 3. The maximum Gasteiger partial charge on any atom is 0.271 e. The van der Waals surface area contributed by atoms with Crippen molar-refractivity contribution in [2.24, 2.45) is 0 Å². The summed E-state index contributed by atoms with van der Waals surface area (Å²) in [6.45, 7) is 4.66. The predicted octanol–water partition coefficient (Wildman–Crippen LogP) is 4.34. The van der Waals surface area contributed by atoms with Crippen molar-refractivity contribution in [3.8, 4) is 0 Å². The van der Waals surface area contributed by atoms with E-state index in [1.54, 1.807) is 6.20 Å². The molecule has 3 aromatic rings. The minimum absolute atomic E-state index is 0.109. The van der Waals surface area contributed by atoms with Crippen molar-refractivity contribution in [1.29, 1.82) is 0 Å². The van der Waals surface area contributed by atoms with Crippen LogP contribution >= 0.6 is 0 Å². The van der Waals surface area contributed by atoms with Crippen LogP contribution in [-0.2, 0) is 6.54 Å². The number of amides is 1. The largest absolute Gasteiger partial charge is 0.348 e. The van der Waals surface area contributed by atoms with Crippen molar-refractivity contribution >= 4 is 17.4 Å². The second kappa shape index (κ2) is 8.94. The van der Waals surface area contributed by atoms with Crippen LogP contribution in [0.1, 0.15) is 36.3 Å². The second-order valence-electron chi connectivity index (χ2n) is 6.45. The predicted molar refractivity (Wildman–Crippen MR) is 108 cm³/mol. The lowest BCUT2D eigenvalue weighted by Gasteiger charge is -2.24. The molecule has 0 saturated heterocycles. The van der Waals surface area contributed by atoms with Gasteiger partial charge in [-0.1, -0.05) is 55.5 Å². The van der Waals surface area contributed by atoms with Crippen LogP contribution in [0, 0.1) is 0 Å². The molecule has 0 aliphatic heterocycles. The molecule has 27 heavy (non-hydrogen) atoms. The number of hydrogen-bond acceptors (Lipinski definition) is 4. The van der Waals surface area contributed by atoms with Gasteiger partial charge < -0.3 is 10.2 Å². The lowest BCUT2D eigenvalue weighted by atomic mass is 10.2. The molecule has 1 heterocycles. The summed E-state index contributed by atoms with van der Waals surface area (Å²) in [4.78, 5) is 23.2. The first-order valence-electron chi connectivity index (χ1n) is 9.16. The highest BCUT2D eigenvalue weighted by Crippen LogP contribution is 2.25. The van der Waals surface area contributed by atoms with Crippen LogP contribution in [0.15, 0.2) is 73.1 Å². The maximum atomic E-state index is 12.2. The van der Waals surface area contributed by atoms with E-state index in [9.17, 15) is 4.79 Å². The van der Waals surface area contributed by atoms with Crippen molar-refractivity contribution in [1.82, 2.24) is 15.3 Å². The molecule has 5 nitrogen and oxygen atoms in total. The summed E-state index contributed by atoms with van der Waals surface area (Å²) in [5.74, 6) is 0.503. The second-order valence-corrected chi connectivity index (χ2v) is 6.45. The minimum atomic E-state index is -0.197. The molecule has 138 valence electrons. The Hall–Kier alpha value is -3.21. The van der Waals surface area contributed by atoms with E-state index in [1.165, 1.54) is 11.8 Å². The number of benzene rings is 2. The lowest BCUT2D eigenvalue weighted by molar-refractivity contribution is 0.0934.